The smallest absolute Gasteiger partial charge is 0.306 e. The summed E-state index contributed by atoms with van der Waals surface area (Å²) in [5.74, 6) is -1.49. The molecule has 5 heteroatoms. The number of carbonyl (C=O) groups excluding carboxylic acids is 1. The number of benzene rings is 2. The molecule has 2 aromatic carbocycles. The van der Waals surface area contributed by atoms with Gasteiger partial charge in [0.1, 0.15) is 0 Å². The number of hydrogen-bond donors (Lipinski definition) is 2. The molecule has 1 amide bonds. The zero-order chi connectivity index (χ0) is 15.4. The van der Waals surface area contributed by atoms with Gasteiger partial charge in [-0.25, -0.2) is 0 Å². The van der Waals surface area contributed by atoms with Gasteiger partial charge in [0.25, 0.3) is 5.91 Å². The number of carbonyl (C=O) groups is 2. The SMILES string of the molecule is CC(CCNC(=O)c1ccc2cc(Br)ccc2c1)C(=O)O. The Kier molecular flexibility index (Phi) is 4.96. The first-order valence-electron chi connectivity index (χ1n) is 6.67. The molecule has 0 radical (unpaired) electrons. The highest BCUT2D eigenvalue weighted by Crippen LogP contribution is 2.21. The summed E-state index contributed by atoms with van der Waals surface area (Å²) in [5, 5.41) is 13.6. The third-order valence-electron chi connectivity index (χ3n) is 3.35. The maximum atomic E-state index is 12.0. The predicted octanol–water partition coefficient (Wildman–Crippen LogP) is 3.44. The van der Waals surface area contributed by atoms with Gasteiger partial charge in [0, 0.05) is 16.6 Å². The number of amides is 1. The number of hydrogen-bond acceptors (Lipinski definition) is 2. The van der Waals surface area contributed by atoms with E-state index in [9.17, 15) is 9.59 Å². The number of carboxylic acids is 1. The highest BCUT2D eigenvalue weighted by Gasteiger charge is 2.11. The minimum absolute atomic E-state index is 0.183. The topological polar surface area (TPSA) is 66.4 Å². The van der Waals surface area contributed by atoms with Crippen LogP contribution in [0.25, 0.3) is 10.8 Å². The molecule has 4 nitrogen and oxygen atoms in total. The van der Waals surface area contributed by atoms with E-state index in [1.807, 2.05) is 30.3 Å². The van der Waals surface area contributed by atoms with E-state index in [1.165, 1.54) is 0 Å². The van der Waals surface area contributed by atoms with Crippen molar-refractivity contribution < 1.29 is 14.7 Å². The molecule has 0 heterocycles. The van der Waals surface area contributed by atoms with Gasteiger partial charge in [-0.15, -0.1) is 0 Å². The van der Waals surface area contributed by atoms with Crippen LogP contribution in [-0.4, -0.2) is 23.5 Å². The van der Waals surface area contributed by atoms with Crippen molar-refractivity contribution in [2.45, 2.75) is 13.3 Å². The van der Waals surface area contributed by atoms with Crippen molar-refractivity contribution in [2.24, 2.45) is 5.92 Å². The molecule has 0 bridgehead atoms. The fourth-order valence-electron chi connectivity index (χ4n) is 1.99. The molecule has 0 aliphatic carbocycles. The maximum absolute atomic E-state index is 12.0. The molecule has 21 heavy (non-hydrogen) atoms. The van der Waals surface area contributed by atoms with Crippen molar-refractivity contribution in [3.05, 3.63) is 46.4 Å². The zero-order valence-corrected chi connectivity index (χ0v) is 13.2. The van der Waals surface area contributed by atoms with E-state index in [1.54, 1.807) is 13.0 Å². The molecule has 0 aromatic heterocycles. The van der Waals surface area contributed by atoms with E-state index in [0.29, 0.717) is 18.5 Å². The Morgan fingerprint density at radius 2 is 1.86 bits per heavy atom. The van der Waals surface area contributed by atoms with Crippen LogP contribution in [0.5, 0.6) is 0 Å². The number of rotatable bonds is 5. The number of fused-ring (bicyclic) bond motifs is 1. The van der Waals surface area contributed by atoms with E-state index < -0.39 is 11.9 Å². The van der Waals surface area contributed by atoms with Gasteiger partial charge >= 0.3 is 5.97 Å². The molecule has 0 spiro atoms. The summed E-state index contributed by atoms with van der Waals surface area (Å²) in [6.45, 7) is 1.98. The third-order valence-corrected chi connectivity index (χ3v) is 3.84. The second kappa shape index (κ2) is 6.72. The summed E-state index contributed by atoms with van der Waals surface area (Å²) in [5.41, 5.74) is 0.577. The van der Waals surface area contributed by atoms with Crippen molar-refractivity contribution in [3.8, 4) is 0 Å². The summed E-state index contributed by atoms with van der Waals surface area (Å²) in [6.07, 6.45) is 0.418. The first-order chi connectivity index (χ1) is 9.97. The average molecular weight is 350 g/mol. The van der Waals surface area contributed by atoms with E-state index in [-0.39, 0.29) is 5.91 Å². The van der Waals surface area contributed by atoms with E-state index >= 15 is 0 Å². The number of halogens is 1. The van der Waals surface area contributed by atoms with E-state index in [2.05, 4.69) is 21.2 Å². The molecule has 0 aliphatic heterocycles. The lowest BCUT2D eigenvalue weighted by Crippen LogP contribution is -2.27. The summed E-state index contributed by atoms with van der Waals surface area (Å²) in [6, 6.07) is 11.4. The van der Waals surface area contributed by atoms with Gasteiger partial charge in [-0.1, -0.05) is 35.0 Å². The molecule has 0 fully saturated rings. The molecule has 1 unspecified atom stereocenters. The fourth-order valence-corrected chi connectivity index (χ4v) is 2.36. The molecule has 1 atom stereocenters. The third kappa shape index (κ3) is 4.04. The Bertz CT molecular complexity index is 684. The standard InChI is InChI=1S/C16H16BrNO3/c1-10(16(20)21)6-7-18-15(19)13-3-2-12-9-14(17)5-4-11(12)8-13/h2-5,8-10H,6-7H2,1H3,(H,18,19)(H,20,21). The average Bonchev–Trinajstić information content (AvgIpc) is 2.46. The van der Waals surface area contributed by atoms with E-state index in [4.69, 9.17) is 5.11 Å². The van der Waals surface area contributed by atoms with Gasteiger partial charge in [-0.05, 0) is 41.5 Å². The van der Waals surface area contributed by atoms with Gasteiger partial charge < -0.3 is 10.4 Å². The molecule has 2 N–H and O–H groups in total. The Labute approximate surface area is 131 Å². The molecule has 2 aromatic rings. The van der Waals surface area contributed by atoms with Crippen molar-refractivity contribution >= 4 is 38.6 Å². The van der Waals surface area contributed by atoms with Crippen LogP contribution in [0.3, 0.4) is 0 Å². The summed E-state index contributed by atoms with van der Waals surface area (Å²) in [7, 11) is 0. The Morgan fingerprint density at radius 3 is 2.57 bits per heavy atom. The second-order valence-electron chi connectivity index (χ2n) is 4.99. The number of carboxylic acid groups (broad SMARTS) is 1. The molecule has 0 aliphatic rings. The Morgan fingerprint density at radius 1 is 1.19 bits per heavy atom. The summed E-state index contributed by atoms with van der Waals surface area (Å²) < 4.78 is 0.995. The monoisotopic (exact) mass is 349 g/mol. The Balaban J connectivity index is 2.02. The maximum Gasteiger partial charge on any atom is 0.306 e. The van der Waals surface area contributed by atoms with Gasteiger partial charge in [0.2, 0.25) is 0 Å². The van der Waals surface area contributed by atoms with E-state index in [0.717, 1.165) is 15.2 Å². The van der Waals surface area contributed by atoms with Crippen molar-refractivity contribution in [1.82, 2.24) is 5.32 Å². The van der Waals surface area contributed by atoms with Crippen LogP contribution < -0.4 is 5.32 Å². The van der Waals surface area contributed by atoms with Crippen LogP contribution in [0, 0.1) is 5.92 Å². The van der Waals surface area contributed by atoms with Crippen LogP contribution in [0.15, 0.2) is 40.9 Å². The lowest BCUT2D eigenvalue weighted by atomic mass is 10.1. The molecular formula is C16H16BrNO3. The largest absolute Gasteiger partial charge is 0.481 e. The highest BCUT2D eigenvalue weighted by molar-refractivity contribution is 9.10. The molecular weight excluding hydrogens is 334 g/mol. The van der Waals surface area contributed by atoms with Crippen LogP contribution >= 0.6 is 15.9 Å². The van der Waals surface area contributed by atoms with Crippen molar-refractivity contribution in [1.29, 1.82) is 0 Å². The molecule has 2 rings (SSSR count). The van der Waals surface area contributed by atoms with Crippen molar-refractivity contribution in [3.63, 3.8) is 0 Å². The van der Waals surface area contributed by atoms with Gasteiger partial charge in [-0.2, -0.15) is 0 Å². The van der Waals surface area contributed by atoms with Gasteiger partial charge in [0.05, 0.1) is 5.92 Å². The van der Waals surface area contributed by atoms with Crippen molar-refractivity contribution in [2.75, 3.05) is 6.54 Å². The predicted molar refractivity (Wildman–Crippen MR) is 85.4 cm³/mol. The fraction of sp³-hybridized carbons (Fsp3) is 0.250. The van der Waals surface area contributed by atoms with Crippen LogP contribution in [0.2, 0.25) is 0 Å². The summed E-state index contributed by atoms with van der Waals surface area (Å²) >= 11 is 3.41. The van der Waals surface area contributed by atoms with Crippen LogP contribution in [-0.2, 0) is 4.79 Å². The molecule has 0 saturated heterocycles. The highest BCUT2D eigenvalue weighted by atomic mass is 79.9. The van der Waals surface area contributed by atoms with Crippen LogP contribution in [0.1, 0.15) is 23.7 Å². The minimum Gasteiger partial charge on any atom is -0.481 e. The first kappa shape index (κ1) is 15.5. The second-order valence-corrected chi connectivity index (χ2v) is 5.91. The zero-order valence-electron chi connectivity index (χ0n) is 11.6. The molecule has 110 valence electrons. The van der Waals surface area contributed by atoms with Gasteiger partial charge in [0.15, 0.2) is 0 Å². The Hall–Kier alpha value is -1.88. The van der Waals surface area contributed by atoms with Crippen LogP contribution in [0.4, 0.5) is 0 Å². The lowest BCUT2D eigenvalue weighted by molar-refractivity contribution is -0.141. The summed E-state index contributed by atoms with van der Waals surface area (Å²) in [4.78, 5) is 22.7. The quantitative estimate of drug-likeness (QED) is 0.868. The number of aliphatic carboxylic acids is 1. The normalized spacial score (nSPS) is 12.1. The molecule has 0 saturated carbocycles. The first-order valence-corrected chi connectivity index (χ1v) is 7.47. The lowest BCUT2D eigenvalue weighted by Gasteiger charge is -2.08. The van der Waals surface area contributed by atoms with Gasteiger partial charge in [-0.3, -0.25) is 9.59 Å². The number of nitrogens with one attached hydrogen (secondary N) is 1. The minimum atomic E-state index is -0.847.